The molecule has 2 N–H and O–H groups in total. The molecule has 1 heterocycles. The van der Waals surface area contributed by atoms with Gasteiger partial charge in [-0.2, -0.15) is 0 Å². The van der Waals surface area contributed by atoms with Gasteiger partial charge in [-0.15, -0.1) is 11.3 Å². The molecule has 7 heteroatoms. The average Bonchev–Trinajstić information content (AvgIpc) is 3.02. The molecule has 136 valence electrons. The van der Waals surface area contributed by atoms with Gasteiger partial charge in [0.25, 0.3) is 0 Å². The Kier molecular flexibility index (Phi) is 7.53. The number of guanidine groups is 1. The Morgan fingerprint density at radius 1 is 1.28 bits per heavy atom. The molecule has 1 aromatic carbocycles. The number of methoxy groups -OCH3 is 1. The number of aliphatic imine (C=N–C) groups is 1. The minimum atomic E-state index is 0.601. The molecule has 0 aliphatic carbocycles. The molecule has 6 nitrogen and oxygen atoms in total. The van der Waals surface area contributed by atoms with Crippen LogP contribution in [-0.4, -0.2) is 37.7 Å². The molecular formula is C18H26N4O2S. The van der Waals surface area contributed by atoms with E-state index in [1.807, 2.05) is 39.0 Å². The topological polar surface area (TPSA) is 67.8 Å². The predicted octanol–water partition coefficient (Wildman–Crippen LogP) is 3.48. The Bertz CT molecular complexity index is 700. The van der Waals surface area contributed by atoms with E-state index in [0.29, 0.717) is 18.9 Å². The van der Waals surface area contributed by atoms with Crippen LogP contribution in [0.3, 0.4) is 0 Å². The van der Waals surface area contributed by atoms with Gasteiger partial charge in [0.05, 0.1) is 24.4 Å². The van der Waals surface area contributed by atoms with Crippen molar-refractivity contribution in [3.05, 3.63) is 34.3 Å². The molecular weight excluding hydrogens is 336 g/mol. The smallest absolute Gasteiger partial charge is 0.195 e. The molecule has 0 aliphatic heterocycles. The van der Waals surface area contributed by atoms with Gasteiger partial charge in [-0.05, 0) is 32.9 Å². The molecule has 0 atom stereocenters. The van der Waals surface area contributed by atoms with Crippen LogP contribution in [0.5, 0.6) is 11.5 Å². The van der Waals surface area contributed by atoms with Crippen molar-refractivity contribution in [1.82, 2.24) is 10.3 Å². The maximum absolute atomic E-state index is 5.55. The van der Waals surface area contributed by atoms with E-state index in [4.69, 9.17) is 9.47 Å². The second kappa shape index (κ2) is 9.88. The Labute approximate surface area is 153 Å². The predicted molar refractivity (Wildman–Crippen MR) is 104 cm³/mol. The standard InChI is InChI=1S/C18H26N4O2S/c1-5-19-18(20-10-9-15-12-25-13(3)21-15)22-14-7-8-16(24-6-2)17(11-14)23-4/h7-8,11-12H,5-6,9-10H2,1-4H3,(H2,19,20,22). The molecule has 2 rings (SSSR count). The number of anilines is 1. The van der Waals surface area contributed by atoms with E-state index in [9.17, 15) is 0 Å². The molecule has 0 spiro atoms. The minimum absolute atomic E-state index is 0.601. The summed E-state index contributed by atoms with van der Waals surface area (Å²) in [6.45, 7) is 8.07. The number of ether oxygens (including phenoxy) is 2. The quantitative estimate of drug-likeness (QED) is 0.556. The van der Waals surface area contributed by atoms with Gasteiger partial charge < -0.3 is 20.1 Å². The van der Waals surface area contributed by atoms with Gasteiger partial charge in [0.2, 0.25) is 0 Å². The number of aromatic nitrogens is 1. The number of hydrogen-bond acceptors (Lipinski definition) is 5. The van der Waals surface area contributed by atoms with E-state index in [2.05, 4.69) is 26.0 Å². The van der Waals surface area contributed by atoms with Crippen molar-refractivity contribution in [2.75, 3.05) is 32.1 Å². The van der Waals surface area contributed by atoms with Gasteiger partial charge >= 0.3 is 0 Å². The third kappa shape index (κ3) is 5.94. The van der Waals surface area contributed by atoms with Crippen molar-refractivity contribution >= 4 is 23.0 Å². The summed E-state index contributed by atoms with van der Waals surface area (Å²) < 4.78 is 10.9. The molecule has 0 aliphatic rings. The van der Waals surface area contributed by atoms with Crippen LogP contribution in [-0.2, 0) is 6.42 Å². The number of rotatable bonds is 8. The van der Waals surface area contributed by atoms with Gasteiger partial charge in [-0.25, -0.2) is 4.98 Å². The molecule has 0 bridgehead atoms. The summed E-state index contributed by atoms with van der Waals surface area (Å²) in [5, 5.41) is 9.72. The highest BCUT2D eigenvalue weighted by Gasteiger charge is 2.07. The zero-order valence-electron chi connectivity index (χ0n) is 15.3. The zero-order valence-corrected chi connectivity index (χ0v) is 16.1. The van der Waals surface area contributed by atoms with Crippen molar-refractivity contribution in [2.45, 2.75) is 27.2 Å². The molecule has 0 amide bonds. The van der Waals surface area contributed by atoms with Gasteiger partial charge in [0.1, 0.15) is 0 Å². The average molecular weight is 362 g/mol. The fourth-order valence-electron chi connectivity index (χ4n) is 2.27. The van der Waals surface area contributed by atoms with Crippen LogP contribution in [0.25, 0.3) is 0 Å². The first kappa shape index (κ1) is 19.1. The number of nitrogens with zero attached hydrogens (tertiary/aromatic N) is 2. The molecule has 2 aromatic rings. The molecule has 1 aromatic heterocycles. The SMILES string of the molecule is CCNC(=NCCc1csc(C)n1)Nc1ccc(OCC)c(OC)c1. The Morgan fingerprint density at radius 2 is 2.12 bits per heavy atom. The lowest BCUT2D eigenvalue weighted by Crippen LogP contribution is -2.30. The number of benzene rings is 1. The Morgan fingerprint density at radius 3 is 2.76 bits per heavy atom. The Balaban J connectivity index is 2.03. The molecule has 0 fully saturated rings. The minimum Gasteiger partial charge on any atom is -0.493 e. The number of hydrogen-bond donors (Lipinski definition) is 2. The second-order valence-corrected chi connectivity index (χ2v) is 6.35. The first-order chi connectivity index (χ1) is 12.2. The maximum atomic E-state index is 5.55. The summed E-state index contributed by atoms with van der Waals surface area (Å²) in [6.07, 6.45) is 0.827. The van der Waals surface area contributed by atoms with Crippen molar-refractivity contribution in [1.29, 1.82) is 0 Å². The van der Waals surface area contributed by atoms with Crippen LogP contribution in [0.2, 0.25) is 0 Å². The molecule has 25 heavy (non-hydrogen) atoms. The lowest BCUT2D eigenvalue weighted by atomic mass is 10.2. The molecule has 0 unspecified atom stereocenters. The van der Waals surface area contributed by atoms with E-state index < -0.39 is 0 Å². The van der Waals surface area contributed by atoms with Gasteiger partial charge in [0, 0.05) is 36.6 Å². The monoisotopic (exact) mass is 362 g/mol. The zero-order chi connectivity index (χ0) is 18.1. The van der Waals surface area contributed by atoms with E-state index in [1.165, 1.54) is 0 Å². The van der Waals surface area contributed by atoms with Crippen LogP contribution < -0.4 is 20.1 Å². The highest BCUT2D eigenvalue weighted by molar-refractivity contribution is 7.09. The fourth-order valence-corrected chi connectivity index (χ4v) is 2.92. The van der Waals surface area contributed by atoms with Crippen LogP contribution in [0.1, 0.15) is 24.5 Å². The van der Waals surface area contributed by atoms with Gasteiger partial charge in [-0.1, -0.05) is 0 Å². The fraction of sp³-hybridized carbons (Fsp3) is 0.444. The Hall–Kier alpha value is -2.28. The van der Waals surface area contributed by atoms with Crippen molar-refractivity contribution in [2.24, 2.45) is 4.99 Å². The lowest BCUT2D eigenvalue weighted by Gasteiger charge is -2.14. The highest BCUT2D eigenvalue weighted by Crippen LogP contribution is 2.30. The van der Waals surface area contributed by atoms with E-state index in [0.717, 1.165) is 41.1 Å². The summed E-state index contributed by atoms with van der Waals surface area (Å²) in [5.41, 5.74) is 1.98. The van der Waals surface area contributed by atoms with E-state index in [1.54, 1.807) is 18.4 Å². The third-order valence-electron chi connectivity index (χ3n) is 3.37. The lowest BCUT2D eigenvalue weighted by molar-refractivity contribution is 0.311. The van der Waals surface area contributed by atoms with Crippen LogP contribution >= 0.6 is 11.3 Å². The first-order valence-electron chi connectivity index (χ1n) is 8.43. The van der Waals surface area contributed by atoms with Gasteiger partial charge in [-0.3, -0.25) is 4.99 Å². The van der Waals surface area contributed by atoms with Crippen LogP contribution in [0, 0.1) is 6.92 Å². The summed E-state index contributed by atoms with van der Waals surface area (Å²) >= 11 is 1.67. The summed E-state index contributed by atoms with van der Waals surface area (Å²) in [7, 11) is 1.64. The largest absolute Gasteiger partial charge is 0.493 e. The molecule has 0 saturated carbocycles. The number of nitrogens with one attached hydrogen (secondary N) is 2. The van der Waals surface area contributed by atoms with Crippen molar-refractivity contribution in [3.63, 3.8) is 0 Å². The number of thiazole rings is 1. The summed E-state index contributed by atoms with van der Waals surface area (Å²) in [6, 6.07) is 5.75. The van der Waals surface area contributed by atoms with Crippen molar-refractivity contribution < 1.29 is 9.47 Å². The van der Waals surface area contributed by atoms with Crippen molar-refractivity contribution in [3.8, 4) is 11.5 Å². The third-order valence-corrected chi connectivity index (χ3v) is 4.20. The van der Waals surface area contributed by atoms with E-state index >= 15 is 0 Å². The normalized spacial score (nSPS) is 11.3. The molecule has 0 radical (unpaired) electrons. The highest BCUT2D eigenvalue weighted by atomic mass is 32.1. The van der Waals surface area contributed by atoms with Crippen LogP contribution in [0.4, 0.5) is 5.69 Å². The molecule has 0 saturated heterocycles. The van der Waals surface area contributed by atoms with Crippen LogP contribution in [0.15, 0.2) is 28.6 Å². The summed E-state index contributed by atoms with van der Waals surface area (Å²) in [4.78, 5) is 9.08. The first-order valence-corrected chi connectivity index (χ1v) is 9.31. The van der Waals surface area contributed by atoms with E-state index in [-0.39, 0.29) is 0 Å². The summed E-state index contributed by atoms with van der Waals surface area (Å²) in [5.74, 6) is 2.16. The maximum Gasteiger partial charge on any atom is 0.195 e. The van der Waals surface area contributed by atoms with Gasteiger partial charge in [0.15, 0.2) is 17.5 Å². The number of aryl methyl sites for hydroxylation is 1. The second-order valence-electron chi connectivity index (χ2n) is 5.29.